The molecule has 1 aromatic rings. The van der Waals surface area contributed by atoms with Crippen LogP contribution in [0, 0.1) is 0 Å². The molecule has 0 unspecified atom stereocenters. The van der Waals surface area contributed by atoms with Gasteiger partial charge in [-0.15, -0.1) is 0 Å². The molecule has 1 aliphatic rings. The van der Waals surface area contributed by atoms with Crippen LogP contribution in [0.1, 0.15) is 44.7 Å². The molecule has 1 aliphatic heterocycles. The third-order valence-electron chi connectivity index (χ3n) is 3.86. The predicted octanol–water partition coefficient (Wildman–Crippen LogP) is 3.76. The zero-order valence-electron chi connectivity index (χ0n) is 11.0. The fourth-order valence-corrected chi connectivity index (χ4v) is 2.76. The summed E-state index contributed by atoms with van der Waals surface area (Å²) >= 11 is 0. The number of anilines is 1. The highest BCUT2D eigenvalue weighted by atomic mass is 15.1. The topological polar surface area (TPSA) is 3.24 Å². The first-order chi connectivity index (χ1) is 7.54. The van der Waals surface area contributed by atoms with E-state index in [1.165, 1.54) is 42.6 Å². The van der Waals surface area contributed by atoms with Gasteiger partial charge in [0, 0.05) is 19.3 Å². The second-order valence-corrected chi connectivity index (χ2v) is 5.65. The van der Waals surface area contributed by atoms with Gasteiger partial charge in [0.1, 0.15) is 0 Å². The third-order valence-corrected chi connectivity index (χ3v) is 3.86. The summed E-state index contributed by atoms with van der Waals surface area (Å²) in [4.78, 5) is 2.35. The van der Waals surface area contributed by atoms with E-state index in [-0.39, 0.29) is 0 Å². The molecule has 0 spiro atoms. The molecule has 0 fully saturated rings. The summed E-state index contributed by atoms with van der Waals surface area (Å²) in [7, 11) is 2.18. The summed E-state index contributed by atoms with van der Waals surface area (Å²) in [6.07, 6.45) is 3.73. The minimum absolute atomic E-state index is 0.324. The minimum Gasteiger partial charge on any atom is -0.374 e. The molecule has 1 nitrogen and oxygen atoms in total. The summed E-state index contributed by atoms with van der Waals surface area (Å²) in [6, 6.07) is 7.04. The molecule has 0 atom stereocenters. The Kier molecular flexibility index (Phi) is 2.96. The van der Waals surface area contributed by atoms with E-state index in [9.17, 15) is 0 Å². The van der Waals surface area contributed by atoms with Crippen LogP contribution >= 0.6 is 0 Å². The van der Waals surface area contributed by atoms with Crippen LogP contribution in [-0.2, 0) is 11.8 Å². The lowest BCUT2D eigenvalue weighted by atomic mass is 9.80. The SMILES string of the molecule is CCCC(C)(C)c1ccc2c(c1)CCN2C. The molecule has 0 amide bonds. The van der Waals surface area contributed by atoms with Crippen molar-refractivity contribution < 1.29 is 0 Å². The Labute approximate surface area is 99.5 Å². The highest BCUT2D eigenvalue weighted by molar-refractivity contribution is 5.59. The van der Waals surface area contributed by atoms with Crippen LogP contribution in [0.3, 0.4) is 0 Å². The van der Waals surface area contributed by atoms with Gasteiger partial charge in [0.2, 0.25) is 0 Å². The van der Waals surface area contributed by atoms with Gasteiger partial charge in [-0.25, -0.2) is 0 Å². The average Bonchev–Trinajstić information content (AvgIpc) is 2.60. The molecule has 88 valence electrons. The molecule has 1 heteroatoms. The fraction of sp³-hybridized carbons (Fsp3) is 0.600. The van der Waals surface area contributed by atoms with Crippen LogP contribution in [0.5, 0.6) is 0 Å². The van der Waals surface area contributed by atoms with Crippen LogP contribution in [0.25, 0.3) is 0 Å². The molecular formula is C15H23N. The number of hydrogen-bond acceptors (Lipinski definition) is 1. The standard InChI is InChI=1S/C15H23N/c1-5-9-15(2,3)13-6-7-14-12(11-13)8-10-16(14)4/h6-7,11H,5,8-10H2,1-4H3. The van der Waals surface area contributed by atoms with Gasteiger partial charge in [0.25, 0.3) is 0 Å². The highest BCUT2D eigenvalue weighted by Crippen LogP contribution is 2.34. The van der Waals surface area contributed by atoms with Gasteiger partial charge in [-0.3, -0.25) is 0 Å². The van der Waals surface area contributed by atoms with E-state index in [4.69, 9.17) is 0 Å². The van der Waals surface area contributed by atoms with Gasteiger partial charge < -0.3 is 4.90 Å². The smallest absolute Gasteiger partial charge is 0.0397 e. The van der Waals surface area contributed by atoms with Crippen LogP contribution in [0.15, 0.2) is 18.2 Å². The normalized spacial score (nSPS) is 15.4. The van der Waals surface area contributed by atoms with Gasteiger partial charge in [-0.1, -0.05) is 39.3 Å². The Morgan fingerprint density at radius 1 is 1.31 bits per heavy atom. The van der Waals surface area contributed by atoms with E-state index >= 15 is 0 Å². The van der Waals surface area contributed by atoms with Gasteiger partial charge in [0.05, 0.1) is 0 Å². The van der Waals surface area contributed by atoms with E-state index in [0.29, 0.717) is 5.41 Å². The summed E-state index contributed by atoms with van der Waals surface area (Å²) in [6.45, 7) is 8.16. The number of nitrogens with zero attached hydrogens (tertiary/aromatic N) is 1. The molecule has 0 N–H and O–H groups in total. The number of fused-ring (bicyclic) bond motifs is 1. The van der Waals surface area contributed by atoms with Crippen molar-refractivity contribution in [2.75, 3.05) is 18.5 Å². The van der Waals surface area contributed by atoms with Gasteiger partial charge in [-0.05, 0) is 35.4 Å². The zero-order valence-corrected chi connectivity index (χ0v) is 11.0. The van der Waals surface area contributed by atoms with E-state index < -0.39 is 0 Å². The Balaban J connectivity index is 2.32. The maximum atomic E-state index is 2.43. The molecule has 0 aliphatic carbocycles. The molecule has 0 radical (unpaired) electrons. The van der Waals surface area contributed by atoms with Crippen molar-refractivity contribution in [3.05, 3.63) is 29.3 Å². The van der Waals surface area contributed by atoms with Crippen molar-refractivity contribution in [3.8, 4) is 0 Å². The first-order valence-electron chi connectivity index (χ1n) is 6.39. The number of rotatable bonds is 3. The van der Waals surface area contributed by atoms with Crippen molar-refractivity contribution in [3.63, 3.8) is 0 Å². The number of hydrogen-bond donors (Lipinski definition) is 0. The quantitative estimate of drug-likeness (QED) is 0.745. The van der Waals surface area contributed by atoms with Gasteiger partial charge in [0.15, 0.2) is 0 Å². The molecule has 0 saturated heterocycles. The van der Waals surface area contributed by atoms with Crippen molar-refractivity contribution in [1.82, 2.24) is 0 Å². The summed E-state index contributed by atoms with van der Waals surface area (Å²) in [5, 5.41) is 0. The first-order valence-corrected chi connectivity index (χ1v) is 6.39. The number of likely N-dealkylation sites (N-methyl/N-ethyl adjacent to an activating group) is 1. The predicted molar refractivity (Wildman–Crippen MR) is 71.4 cm³/mol. The highest BCUT2D eigenvalue weighted by Gasteiger charge is 2.22. The molecule has 1 heterocycles. The van der Waals surface area contributed by atoms with E-state index in [2.05, 4.69) is 50.9 Å². The molecule has 2 rings (SSSR count). The molecule has 1 aromatic carbocycles. The third kappa shape index (κ3) is 1.95. The van der Waals surface area contributed by atoms with Crippen molar-refractivity contribution in [1.29, 1.82) is 0 Å². The van der Waals surface area contributed by atoms with Crippen LogP contribution in [-0.4, -0.2) is 13.6 Å². The van der Waals surface area contributed by atoms with Crippen LogP contribution in [0.4, 0.5) is 5.69 Å². The monoisotopic (exact) mass is 217 g/mol. The van der Waals surface area contributed by atoms with Gasteiger partial charge >= 0.3 is 0 Å². The largest absolute Gasteiger partial charge is 0.374 e. The molecule has 0 aromatic heterocycles. The fourth-order valence-electron chi connectivity index (χ4n) is 2.76. The number of benzene rings is 1. The summed E-state index contributed by atoms with van der Waals surface area (Å²) in [5.74, 6) is 0. The maximum absolute atomic E-state index is 2.43. The Morgan fingerprint density at radius 3 is 2.75 bits per heavy atom. The van der Waals surface area contributed by atoms with E-state index in [0.717, 1.165) is 0 Å². The molecule has 0 saturated carbocycles. The second-order valence-electron chi connectivity index (χ2n) is 5.65. The van der Waals surface area contributed by atoms with E-state index in [1.54, 1.807) is 0 Å². The minimum atomic E-state index is 0.324. The Morgan fingerprint density at radius 2 is 2.06 bits per heavy atom. The molecule has 16 heavy (non-hydrogen) atoms. The van der Waals surface area contributed by atoms with Crippen molar-refractivity contribution in [2.24, 2.45) is 0 Å². The Bertz CT molecular complexity index is 379. The molecular weight excluding hydrogens is 194 g/mol. The maximum Gasteiger partial charge on any atom is 0.0397 e. The van der Waals surface area contributed by atoms with Crippen molar-refractivity contribution in [2.45, 2.75) is 45.4 Å². The summed E-state index contributed by atoms with van der Waals surface area (Å²) in [5.41, 5.74) is 4.79. The lowest BCUT2D eigenvalue weighted by molar-refractivity contribution is 0.473. The molecule has 0 bridgehead atoms. The lowest BCUT2D eigenvalue weighted by Gasteiger charge is -2.25. The first kappa shape index (κ1) is 11.5. The Hall–Kier alpha value is -0.980. The average molecular weight is 217 g/mol. The van der Waals surface area contributed by atoms with Gasteiger partial charge in [-0.2, -0.15) is 0 Å². The zero-order chi connectivity index (χ0) is 11.8. The lowest BCUT2D eigenvalue weighted by Crippen LogP contribution is -2.17. The summed E-state index contributed by atoms with van der Waals surface area (Å²) < 4.78 is 0. The van der Waals surface area contributed by atoms with Crippen LogP contribution in [0.2, 0.25) is 0 Å². The van der Waals surface area contributed by atoms with Crippen molar-refractivity contribution >= 4 is 5.69 Å². The van der Waals surface area contributed by atoms with E-state index in [1.807, 2.05) is 0 Å². The second kappa shape index (κ2) is 4.12. The van der Waals surface area contributed by atoms with Crippen LogP contribution < -0.4 is 4.90 Å².